The van der Waals surface area contributed by atoms with Gasteiger partial charge in [0.2, 0.25) is 0 Å². The largest absolute Gasteiger partial charge is 0.497 e. The van der Waals surface area contributed by atoms with Crippen LogP contribution in [-0.4, -0.2) is 56.0 Å². The maximum absolute atomic E-state index is 12.4. The molecular formula is C14H21N3O2. The summed E-state index contributed by atoms with van der Waals surface area (Å²) in [6, 6.07) is 5.59. The van der Waals surface area contributed by atoms with Crippen molar-refractivity contribution in [1.82, 2.24) is 9.80 Å². The van der Waals surface area contributed by atoms with E-state index in [-0.39, 0.29) is 5.91 Å². The second kappa shape index (κ2) is 5.48. The maximum atomic E-state index is 12.4. The van der Waals surface area contributed by atoms with Gasteiger partial charge in [-0.3, -0.25) is 4.79 Å². The van der Waals surface area contributed by atoms with Gasteiger partial charge in [-0.15, -0.1) is 0 Å². The lowest BCUT2D eigenvalue weighted by Crippen LogP contribution is -2.34. The van der Waals surface area contributed by atoms with Crippen LogP contribution in [0.2, 0.25) is 0 Å². The molecule has 1 amide bonds. The fourth-order valence-corrected chi connectivity index (χ4v) is 2.39. The maximum Gasteiger partial charge on any atom is 0.254 e. The predicted octanol–water partition coefficient (Wildman–Crippen LogP) is 1.05. The number of amides is 1. The van der Waals surface area contributed by atoms with E-state index < -0.39 is 0 Å². The van der Waals surface area contributed by atoms with Gasteiger partial charge in [0.15, 0.2) is 0 Å². The van der Waals surface area contributed by atoms with Crippen molar-refractivity contribution in [3.8, 4) is 5.75 Å². The van der Waals surface area contributed by atoms with Crippen LogP contribution < -0.4 is 10.5 Å². The zero-order chi connectivity index (χ0) is 14.0. The van der Waals surface area contributed by atoms with Crippen molar-refractivity contribution in [3.05, 3.63) is 23.8 Å². The molecule has 0 aromatic heterocycles. The highest BCUT2D eigenvalue weighted by Gasteiger charge is 2.28. The number of likely N-dealkylation sites (N-methyl/N-ethyl adjacent to an activating group) is 1. The van der Waals surface area contributed by atoms with Gasteiger partial charge in [0.1, 0.15) is 5.75 Å². The average Bonchev–Trinajstić information content (AvgIpc) is 2.86. The third-order valence-corrected chi connectivity index (χ3v) is 3.59. The number of nitrogens with two attached hydrogens (primary N) is 1. The Bertz CT molecular complexity index is 474. The SMILES string of the molecule is COc1cc(N)cc(C(=O)N2CCC(N(C)C)C2)c1. The third-order valence-electron chi connectivity index (χ3n) is 3.59. The highest BCUT2D eigenvalue weighted by atomic mass is 16.5. The summed E-state index contributed by atoms with van der Waals surface area (Å²) in [6.45, 7) is 1.56. The molecule has 1 aromatic rings. The van der Waals surface area contributed by atoms with Crippen molar-refractivity contribution in [3.63, 3.8) is 0 Å². The topological polar surface area (TPSA) is 58.8 Å². The smallest absolute Gasteiger partial charge is 0.254 e. The van der Waals surface area contributed by atoms with Gasteiger partial charge in [-0.25, -0.2) is 0 Å². The molecule has 1 heterocycles. The zero-order valence-corrected chi connectivity index (χ0v) is 11.7. The van der Waals surface area contributed by atoms with E-state index in [2.05, 4.69) is 4.90 Å². The molecule has 1 aliphatic heterocycles. The number of likely N-dealkylation sites (tertiary alicyclic amines) is 1. The van der Waals surface area contributed by atoms with Crippen LogP contribution in [-0.2, 0) is 0 Å². The van der Waals surface area contributed by atoms with E-state index in [4.69, 9.17) is 10.5 Å². The molecule has 0 bridgehead atoms. The summed E-state index contributed by atoms with van der Waals surface area (Å²) in [5.74, 6) is 0.640. The molecule has 1 saturated heterocycles. The minimum atomic E-state index is 0.0231. The Morgan fingerprint density at radius 2 is 2.16 bits per heavy atom. The van der Waals surface area contributed by atoms with Gasteiger partial charge in [-0.2, -0.15) is 0 Å². The van der Waals surface area contributed by atoms with E-state index in [1.165, 1.54) is 0 Å². The van der Waals surface area contributed by atoms with Gasteiger partial charge in [-0.1, -0.05) is 0 Å². The molecule has 1 aromatic carbocycles. The molecule has 104 valence electrons. The molecule has 2 rings (SSSR count). The molecule has 1 atom stereocenters. The van der Waals surface area contributed by atoms with Crippen molar-refractivity contribution >= 4 is 11.6 Å². The van der Waals surface area contributed by atoms with Crippen LogP contribution in [0.1, 0.15) is 16.8 Å². The van der Waals surface area contributed by atoms with E-state index in [0.29, 0.717) is 23.0 Å². The summed E-state index contributed by atoms with van der Waals surface area (Å²) < 4.78 is 5.15. The van der Waals surface area contributed by atoms with Gasteiger partial charge in [-0.05, 0) is 32.6 Å². The number of benzene rings is 1. The first-order valence-electron chi connectivity index (χ1n) is 6.41. The normalized spacial score (nSPS) is 18.9. The number of hydrogen-bond donors (Lipinski definition) is 1. The van der Waals surface area contributed by atoms with E-state index in [1.807, 2.05) is 19.0 Å². The highest BCUT2D eigenvalue weighted by molar-refractivity contribution is 5.95. The molecule has 0 spiro atoms. The quantitative estimate of drug-likeness (QED) is 0.828. The Morgan fingerprint density at radius 1 is 1.42 bits per heavy atom. The average molecular weight is 263 g/mol. The Kier molecular flexibility index (Phi) is 3.95. The number of ether oxygens (including phenoxy) is 1. The Hall–Kier alpha value is -1.75. The molecule has 0 radical (unpaired) electrons. The number of nitrogens with zero attached hydrogens (tertiary/aromatic N) is 2. The Balaban J connectivity index is 2.14. The molecule has 1 unspecified atom stereocenters. The van der Waals surface area contributed by atoms with Crippen molar-refractivity contribution < 1.29 is 9.53 Å². The number of carbonyl (C=O) groups excluding carboxylic acids is 1. The van der Waals surface area contributed by atoms with Gasteiger partial charge in [0.05, 0.1) is 7.11 Å². The summed E-state index contributed by atoms with van der Waals surface area (Å²) in [5, 5.41) is 0. The van der Waals surface area contributed by atoms with Gasteiger partial charge in [0.25, 0.3) is 5.91 Å². The highest BCUT2D eigenvalue weighted by Crippen LogP contribution is 2.22. The van der Waals surface area contributed by atoms with E-state index in [0.717, 1.165) is 19.5 Å². The zero-order valence-electron chi connectivity index (χ0n) is 11.7. The van der Waals surface area contributed by atoms with E-state index >= 15 is 0 Å². The molecule has 5 heteroatoms. The lowest BCUT2D eigenvalue weighted by atomic mass is 10.1. The first-order chi connectivity index (χ1) is 9.01. The minimum Gasteiger partial charge on any atom is -0.497 e. The van der Waals surface area contributed by atoms with Crippen LogP contribution in [0.25, 0.3) is 0 Å². The van der Waals surface area contributed by atoms with E-state index in [9.17, 15) is 4.79 Å². The third kappa shape index (κ3) is 2.98. The number of rotatable bonds is 3. The standard InChI is InChI=1S/C14H21N3O2/c1-16(2)12-4-5-17(9-12)14(18)10-6-11(15)8-13(7-10)19-3/h6-8,12H,4-5,9,15H2,1-3H3. The fourth-order valence-electron chi connectivity index (χ4n) is 2.39. The Morgan fingerprint density at radius 3 is 2.74 bits per heavy atom. The second-order valence-electron chi connectivity index (χ2n) is 5.15. The number of carbonyl (C=O) groups is 1. The molecule has 1 fully saturated rings. The van der Waals surface area contributed by atoms with Gasteiger partial charge >= 0.3 is 0 Å². The summed E-state index contributed by atoms with van der Waals surface area (Å²) >= 11 is 0. The van der Waals surface area contributed by atoms with Crippen LogP contribution in [0.4, 0.5) is 5.69 Å². The summed E-state index contributed by atoms with van der Waals surface area (Å²) in [5.41, 5.74) is 6.93. The van der Waals surface area contributed by atoms with Crippen LogP contribution in [0.5, 0.6) is 5.75 Å². The Labute approximate surface area is 113 Å². The number of nitrogen functional groups attached to an aromatic ring is 1. The summed E-state index contributed by atoms with van der Waals surface area (Å²) in [4.78, 5) is 16.5. The van der Waals surface area contributed by atoms with Gasteiger partial charge in [0, 0.05) is 36.4 Å². The second-order valence-corrected chi connectivity index (χ2v) is 5.15. The lowest BCUT2D eigenvalue weighted by molar-refractivity contribution is 0.0783. The van der Waals surface area contributed by atoms with Crippen molar-refractivity contribution in [2.45, 2.75) is 12.5 Å². The van der Waals surface area contributed by atoms with Crippen LogP contribution in [0.3, 0.4) is 0 Å². The summed E-state index contributed by atoms with van der Waals surface area (Å²) in [6.07, 6.45) is 1.01. The molecule has 0 saturated carbocycles. The predicted molar refractivity (Wildman–Crippen MR) is 75.4 cm³/mol. The number of anilines is 1. The lowest BCUT2D eigenvalue weighted by Gasteiger charge is -2.20. The van der Waals surface area contributed by atoms with Crippen molar-refractivity contribution in [1.29, 1.82) is 0 Å². The summed E-state index contributed by atoms with van der Waals surface area (Å²) in [7, 11) is 5.66. The first kappa shape index (κ1) is 13.7. The molecule has 19 heavy (non-hydrogen) atoms. The van der Waals surface area contributed by atoms with Crippen LogP contribution in [0.15, 0.2) is 18.2 Å². The van der Waals surface area contributed by atoms with E-state index in [1.54, 1.807) is 25.3 Å². The minimum absolute atomic E-state index is 0.0231. The molecule has 2 N–H and O–H groups in total. The van der Waals surface area contributed by atoms with Crippen LogP contribution >= 0.6 is 0 Å². The molecule has 5 nitrogen and oxygen atoms in total. The number of methoxy groups -OCH3 is 1. The monoisotopic (exact) mass is 263 g/mol. The first-order valence-corrected chi connectivity index (χ1v) is 6.41. The molecular weight excluding hydrogens is 242 g/mol. The fraction of sp³-hybridized carbons (Fsp3) is 0.500. The van der Waals surface area contributed by atoms with Crippen LogP contribution in [0, 0.1) is 0 Å². The van der Waals surface area contributed by atoms with Gasteiger partial charge < -0.3 is 20.3 Å². The number of hydrogen-bond acceptors (Lipinski definition) is 4. The van der Waals surface area contributed by atoms with Crippen molar-refractivity contribution in [2.75, 3.05) is 40.0 Å². The molecule has 1 aliphatic rings. The van der Waals surface area contributed by atoms with Crippen molar-refractivity contribution in [2.24, 2.45) is 0 Å². The molecule has 0 aliphatic carbocycles.